The number of thioether (sulfide) groups is 1. The van der Waals surface area contributed by atoms with Gasteiger partial charge in [-0.1, -0.05) is 0 Å². The Hall–Kier alpha value is -2.79. The number of aryl methyl sites for hydroxylation is 1. The van der Waals surface area contributed by atoms with Crippen LogP contribution in [0.15, 0.2) is 28.3 Å². The first kappa shape index (κ1) is 22.4. The van der Waals surface area contributed by atoms with Crippen molar-refractivity contribution in [3.05, 3.63) is 39.5 Å². The Morgan fingerprint density at radius 1 is 1.28 bits per heavy atom. The van der Waals surface area contributed by atoms with Crippen LogP contribution in [0.4, 0.5) is 0 Å². The number of likely N-dealkylation sites (tertiary alicyclic amines) is 1. The molecule has 4 heterocycles. The molecular formula is C21H27N4O6S+. The second-order valence-electron chi connectivity index (χ2n) is 8.64. The standard InChI is InChI=1S/C21H26N4O6S/c1-23-10-16(27)15(26)8-14(23)20(29)22-4-7-25(5-2-3-6-25)11-13-12-32-18-9-17(28)24(18)19(13)21(30)31/h8,10,18H,2-7,9,11-12H2,1H3,(H2-,22,27,29,30,31)/p+1/t18-/m1/s1. The molecule has 4 rings (SSSR count). The second kappa shape index (κ2) is 8.62. The van der Waals surface area contributed by atoms with Crippen molar-refractivity contribution in [2.24, 2.45) is 7.05 Å². The van der Waals surface area contributed by atoms with Crippen LogP contribution in [0.2, 0.25) is 0 Å². The number of carbonyl (C=O) groups excluding carboxylic acids is 2. The number of amides is 2. The summed E-state index contributed by atoms with van der Waals surface area (Å²) in [4.78, 5) is 49.6. The molecule has 11 heteroatoms. The van der Waals surface area contributed by atoms with Crippen LogP contribution in [0.5, 0.6) is 5.75 Å². The van der Waals surface area contributed by atoms with E-state index in [0.717, 1.165) is 37.6 Å². The Morgan fingerprint density at radius 3 is 2.66 bits per heavy atom. The number of rotatable bonds is 7. The van der Waals surface area contributed by atoms with Gasteiger partial charge in [0.25, 0.3) is 5.91 Å². The number of carbonyl (C=O) groups is 3. The Bertz CT molecular complexity index is 1060. The van der Waals surface area contributed by atoms with Crippen molar-refractivity contribution in [1.29, 1.82) is 0 Å². The lowest BCUT2D eigenvalue weighted by Crippen LogP contribution is -2.56. The summed E-state index contributed by atoms with van der Waals surface area (Å²) in [5, 5.41) is 22.0. The van der Waals surface area contributed by atoms with Gasteiger partial charge < -0.3 is 24.6 Å². The molecule has 0 spiro atoms. The molecule has 32 heavy (non-hydrogen) atoms. The highest BCUT2D eigenvalue weighted by Crippen LogP contribution is 2.41. The molecule has 0 aromatic carbocycles. The molecule has 3 N–H and O–H groups in total. The second-order valence-corrected chi connectivity index (χ2v) is 9.81. The monoisotopic (exact) mass is 463 g/mol. The highest BCUT2D eigenvalue weighted by Gasteiger charge is 2.47. The normalized spacial score (nSPS) is 21.8. The van der Waals surface area contributed by atoms with E-state index in [1.807, 2.05) is 0 Å². The largest absolute Gasteiger partial charge is 0.503 e. The van der Waals surface area contributed by atoms with Gasteiger partial charge in [-0.25, -0.2) is 4.79 Å². The van der Waals surface area contributed by atoms with Gasteiger partial charge >= 0.3 is 5.97 Å². The Morgan fingerprint density at radius 2 is 2.00 bits per heavy atom. The molecule has 3 aliphatic rings. The summed E-state index contributed by atoms with van der Waals surface area (Å²) in [7, 11) is 1.58. The number of aromatic nitrogens is 1. The van der Waals surface area contributed by atoms with Gasteiger partial charge in [-0.15, -0.1) is 11.8 Å². The zero-order valence-electron chi connectivity index (χ0n) is 17.9. The smallest absolute Gasteiger partial charge is 0.352 e. The molecule has 1 aromatic rings. The fraction of sp³-hybridized carbons (Fsp3) is 0.524. The Balaban J connectivity index is 1.47. The molecule has 0 aliphatic carbocycles. The van der Waals surface area contributed by atoms with Gasteiger partial charge in [0.15, 0.2) is 5.75 Å². The number of quaternary nitrogens is 1. The van der Waals surface area contributed by atoms with Crippen LogP contribution in [0.25, 0.3) is 0 Å². The molecule has 0 bridgehead atoms. The number of nitrogens with zero attached hydrogens (tertiary/aromatic N) is 3. The van der Waals surface area contributed by atoms with Gasteiger partial charge in [0.05, 0.1) is 44.2 Å². The minimum atomic E-state index is -1.06. The lowest BCUT2D eigenvalue weighted by Gasteiger charge is -2.45. The molecule has 1 atom stereocenters. The molecular weight excluding hydrogens is 436 g/mol. The number of pyridine rings is 1. The van der Waals surface area contributed by atoms with E-state index in [1.54, 1.807) is 18.8 Å². The number of fused-ring (bicyclic) bond motifs is 1. The minimum absolute atomic E-state index is 0.0689. The zero-order valence-corrected chi connectivity index (χ0v) is 18.7. The predicted molar refractivity (Wildman–Crippen MR) is 117 cm³/mol. The summed E-state index contributed by atoms with van der Waals surface area (Å²) in [6.45, 7) is 3.29. The summed E-state index contributed by atoms with van der Waals surface area (Å²) in [6.07, 6.45) is 3.64. The summed E-state index contributed by atoms with van der Waals surface area (Å²) in [5.74, 6) is -1.43. The fourth-order valence-corrected chi connectivity index (χ4v) is 6.06. The summed E-state index contributed by atoms with van der Waals surface area (Å²) < 4.78 is 2.06. The number of nitrogens with one attached hydrogen (secondary N) is 1. The third-order valence-electron chi connectivity index (χ3n) is 6.50. The van der Waals surface area contributed by atoms with Gasteiger partial charge in [0.1, 0.15) is 17.9 Å². The highest BCUT2D eigenvalue weighted by atomic mass is 32.2. The van der Waals surface area contributed by atoms with Crippen molar-refractivity contribution in [2.45, 2.75) is 24.6 Å². The van der Waals surface area contributed by atoms with Crippen LogP contribution in [0.1, 0.15) is 29.8 Å². The quantitative estimate of drug-likeness (QED) is 0.386. The van der Waals surface area contributed by atoms with E-state index in [9.17, 15) is 29.4 Å². The number of carboxylic acid groups (broad SMARTS) is 1. The number of aromatic hydroxyl groups is 1. The van der Waals surface area contributed by atoms with Crippen molar-refractivity contribution in [3.8, 4) is 5.75 Å². The van der Waals surface area contributed by atoms with Crippen LogP contribution in [-0.2, 0) is 16.6 Å². The summed E-state index contributed by atoms with van der Waals surface area (Å²) in [5.41, 5.74) is 0.458. The van der Waals surface area contributed by atoms with Crippen molar-refractivity contribution in [3.63, 3.8) is 0 Å². The van der Waals surface area contributed by atoms with Crippen molar-refractivity contribution >= 4 is 29.5 Å². The molecule has 0 unspecified atom stereocenters. The highest BCUT2D eigenvalue weighted by molar-refractivity contribution is 8.00. The lowest BCUT2D eigenvalue weighted by molar-refractivity contribution is -0.911. The molecule has 172 valence electrons. The maximum Gasteiger partial charge on any atom is 0.352 e. The molecule has 2 saturated heterocycles. The van der Waals surface area contributed by atoms with E-state index in [0.29, 0.717) is 36.3 Å². The average Bonchev–Trinajstić information content (AvgIpc) is 3.18. The topological polar surface area (TPSA) is 129 Å². The Labute approximate surface area is 189 Å². The van der Waals surface area contributed by atoms with Gasteiger partial charge in [-0.2, -0.15) is 0 Å². The zero-order chi connectivity index (χ0) is 23.0. The van der Waals surface area contributed by atoms with Gasteiger partial charge in [0.2, 0.25) is 11.3 Å². The molecule has 10 nitrogen and oxygen atoms in total. The predicted octanol–water partition coefficient (Wildman–Crippen LogP) is 0.0752. The first-order valence-electron chi connectivity index (χ1n) is 10.6. The van der Waals surface area contributed by atoms with Crippen LogP contribution >= 0.6 is 11.8 Å². The fourth-order valence-electron chi connectivity index (χ4n) is 4.81. The van der Waals surface area contributed by atoms with Crippen LogP contribution in [0.3, 0.4) is 0 Å². The SMILES string of the molecule is Cn1cc(O)c(=O)cc1C(=O)NCC[N+]1(CC2=C(C(=O)O)N3C(=O)C[C@H]3SC2)CCCC1. The first-order valence-corrected chi connectivity index (χ1v) is 11.7. The first-order chi connectivity index (χ1) is 15.2. The number of aliphatic carboxylic acids is 1. The lowest BCUT2D eigenvalue weighted by atomic mass is 10.1. The Kier molecular flexibility index (Phi) is 6.04. The van der Waals surface area contributed by atoms with E-state index in [-0.39, 0.29) is 22.7 Å². The van der Waals surface area contributed by atoms with Crippen molar-refractivity contribution < 1.29 is 29.1 Å². The number of hydrogen-bond donors (Lipinski definition) is 3. The van der Waals surface area contributed by atoms with E-state index < -0.39 is 23.1 Å². The summed E-state index contributed by atoms with van der Waals surface area (Å²) >= 11 is 1.61. The number of carboxylic acids is 1. The number of β-lactam (4-membered cyclic amide) rings is 1. The number of hydrogen-bond acceptors (Lipinski definition) is 6. The van der Waals surface area contributed by atoms with Crippen molar-refractivity contribution in [1.82, 2.24) is 14.8 Å². The molecule has 0 radical (unpaired) electrons. The molecule has 2 fully saturated rings. The molecule has 3 aliphatic heterocycles. The van der Waals surface area contributed by atoms with E-state index >= 15 is 0 Å². The van der Waals surface area contributed by atoms with Crippen molar-refractivity contribution in [2.75, 3.05) is 38.5 Å². The molecule has 2 amide bonds. The third kappa shape index (κ3) is 4.14. The van der Waals surface area contributed by atoms with Gasteiger partial charge in [-0.3, -0.25) is 19.3 Å². The average molecular weight is 464 g/mol. The van der Waals surface area contributed by atoms with Crippen LogP contribution in [-0.4, -0.2) is 85.8 Å². The maximum absolute atomic E-state index is 12.6. The van der Waals surface area contributed by atoms with E-state index in [2.05, 4.69) is 5.32 Å². The van der Waals surface area contributed by atoms with Gasteiger partial charge in [0, 0.05) is 37.3 Å². The third-order valence-corrected chi connectivity index (χ3v) is 7.77. The van der Waals surface area contributed by atoms with E-state index in [1.165, 1.54) is 15.7 Å². The molecule has 1 aromatic heterocycles. The molecule has 0 saturated carbocycles. The van der Waals surface area contributed by atoms with Gasteiger partial charge in [-0.05, 0) is 0 Å². The van der Waals surface area contributed by atoms with Crippen LogP contribution < -0.4 is 10.7 Å². The van der Waals surface area contributed by atoms with E-state index in [4.69, 9.17) is 0 Å². The maximum atomic E-state index is 12.6. The minimum Gasteiger partial charge on any atom is -0.503 e. The summed E-state index contributed by atoms with van der Waals surface area (Å²) in [6, 6.07) is 1.11. The van der Waals surface area contributed by atoms with Crippen LogP contribution in [0, 0.1) is 0 Å².